The number of halogens is 1. The maximum atomic E-state index is 14.1. The number of aliphatic hydroxyl groups excluding tert-OH is 1. The largest absolute Gasteiger partial charge is 0.392 e. The number of rotatable bonds is 1. The summed E-state index contributed by atoms with van der Waals surface area (Å²) in [5.41, 5.74) is 0.763. The third-order valence-corrected chi connectivity index (χ3v) is 4.08. The van der Waals surface area contributed by atoms with Crippen molar-refractivity contribution in [2.45, 2.75) is 6.61 Å². The van der Waals surface area contributed by atoms with Crippen molar-refractivity contribution >= 4 is 32.3 Å². The quantitative estimate of drug-likeness (QED) is 0.496. The first-order valence-corrected chi connectivity index (χ1v) is 6.92. The van der Waals surface area contributed by atoms with E-state index in [0.717, 1.165) is 32.5 Å². The molecule has 102 valence electrons. The monoisotopic (exact) mass is 276 g/mol. The Morgan fingerprint density at radius 1 is 0.762 bits per heavy atom. The zero-order valence-electron chi connectivity index (χ0n) is 11.3. The number of fused-ring (bicyclic) bond motifs is 5. The van der Waals surface area contributed by atoms with Crippen LogP contribution in [0.2, 0.25) is 0 Å². The third-order valence-electron chi connectivity index (χ3n) is 4.08. The van der Waals surface area contributed by atoms with E-state index >= 15 is 0 Å². The van der Waals surface area contributed by atoms with E-state index < -0.39 is 0 Å². The lowest BCUT2D eigenvalue weighted by molar-refractivity contribution is 0.283. The van der Waals surface area contributed by atoms with Gasteiger partial charge in [-0.25, -0.2) is 4.39 Å². The summed E-state index contributed by atoms with van der Waals surface area (Å²) in [6.45, 7) is -0.102. The van der Waals surface area contributed by atoms with Crippen molar-refractivity contribution in [3.05, 3.63) is 72.0 Å². The van der Waals surface area contributed by atoms with Gasteiger partial charge >= 0.3 is 0 Å². The molecule has 0 radical (unpaired) electrons. The highest BCUT2D eigenvalue weighted by Crippen LogP contribution is 2.35. The molecule has 21 heavy (non-hydrogen) atoms. The predicted octanol–water partition coefficient (Wildman–Crippen LogP) is 4.78. The van der Waals surface area contributed by atoms with E-state index in [4.69, 9.17) is 0 Å². The number of hydrogen-bond acceptors (Lipinski definition) is 1. The van der Waals surface area contributed by atoms with Gasteiger partial charge in [0.2, 0.25) is 0 Å². The van der Waals surface area contributed by atoms with Crippen LogP contribution in [0.3, 0.4) is 0 Å². The first-order chi connectivity index (χ1) is 10.3. The summed E-state index contributed by atoms with van der Waals surface area (Å²) in [6.07, 6.45) is 0. The van der Waals surface area contributed by atoms with Gasteiger partial charge in [0.15, 0.2) is 0 Å². The average Bonchev–Trinajstić information content (AvgIpc) is 2.54. The molecule has 0 aliphatic heterocycles. The number of benzene rings is 4. The Bertz CT molecular complexity index is 989. The molecule has 4 aromatic carbocycles. The molecular weight excluding hydrogens is 263 g/mol. The van der Waals surface area contributed by atoms with Crippen LogP contribution < -0.4 is 0 Å². The summed E-state index contributed by atoms with van der Waals surface area (Å²) in [5, 5.41) is 15.4. The Labute approximate surface area is 121 Å². The topological polar surface area (TPSA) is 20.2 Å². The minimum absolute atomic E-state index is 0.102. The zero-order valence-corrected chi connectivity index (χ0v) is 11.3. The molecule has 0 aliphatic carbocycles. The molecule has 4 rings (SSSR count). The summed E-state index contributed by atoms with van der Waals surface area (Å²) < 4.78 is 14.1. The molecular formula is C19H13FO. The van der Waals surface area contributed by atoms with Crippen LogP contribution in [0, 0.1) is 5.82 Å². The highest BCUT2D eigenvalue weighted by atomic mass is 19.1. The smallest absolute Gasteiger partial charge is 0.131 e. The first kappa shape index (κ1) is 12.3. The molecule has 0 saturated heterocycles. The van der Waals surface area contributed by atoms with Gasteiger partial charge in [-0.2, -0.15) is 0 Å². The maximum absolute atomic E-state index is 14.1. The lowest BCUT2D eigenvalue weighted by Crippen LogP contribution is -1.91. The second-order valence-corrected chi connectivity index (χ2v) is 5.24. The van der Waals surface area contributed by atoms with Crippen molar-refractivity contribution in [1.29, 1.82) is 0 Å². The van der Waals surface area contributed by atoms with Gasteiger partial charge in [0, 0.05) is 5.39 Å². The normalized spacial score (nSPS) is 11.5. The molecule has 0 atom stereocenters. The first-order valence-electron chi connectivity index (χ1n) is 6.92. The Kier molecular flexibility index (Phi) is 2.66. The van der Waals surface area contributed by atoms with Crippen molar-refractivity contribution in [3.63, 3.8) is 0 Å². The summed E-state index contributed by atoms with van der Waals surface area (Å²) in [6, 6.07) is 19.0. The number of aliphatic hydroxyl groups is 1. The summed E-state index contributed by atoms with van der Waals surface area (Å²) in [4.78, 5) is 0. The fourth-order valence-electron chi connectivity index (χ4n) is 3.13. The van der Waals surface area contributed by atoms with E-state index in [9.17, 15) is 9.50 Å². The summed E-state index contributed by atoms with van der Waals surface area (Å²) in [7, 11) is 0. The fraction of sp³-hybridized carbons (Fsp3) is 0.0526. The van der Waals surface area contributed by atoms with Crippen LogP contribution in [0.25, 0.3) is 32.3 Å². The van der Waals surface area contributed by atoms with Gasteiger partial charge < -0.3 is 5.11 Å². The van der Waals surface area contributed by atoms with Gasteiger partial charge in [-0.3, -0.25) is 0 Å². The molecule has 1 N–H and O–H groups in total. The van der Waals surface area contributed by atoms with Crippen LogP contribution in [0.5, 0.6) is 0 Å². The standard InChI is InChI=1S/C19H13FO/c20-18-7-3-6-15-16-9-8-12-4-1-2-5-14(12)19(16)13(11-21)10-17(15)18/h1-10,21H,11H2. The molecule has 2 heteroatoms. The van der Waals surface area contributed by atoms with Gasteiger partial charge in [0.25, 0.3) is 0 Å². The highest BCUT2D eigenvalue weighted by Gasteiger charge is 2.11. The van der Waals surface area contributed by atoms with E-state index in [1.165, 1.54) is 6.07 Å². The zero-order chi connectivity index (χ0) is 14.4. The molecule has 0 spiro atoms. The van der Waals surface area contributed by atoms with E-state index in [0.29, 0.717) is 5.39 Å². The minimum atomic E-state index is -0.253. The molecule has 0 aromatic heterocycles. The van der Waals surface area contributed by atoms with E-state index in [-0.39, 0.29) is 12.4 Å². The van der Waals surface area contributed by atoms with Crippen molar-refractivity contribution in [1.82, 2.24) is 0 Å². The van der Waals surface area contributed by atoms with Crippen LogP contribution in [0.1, 0.15) is 5.56 Å². The van der Waals surface area contributed by atoms with E-state index in [2.05, 4.69) is 0 Å². The summed E-state index contributed by atoms with van der Waals surface area (Å²) >= 11 is 0. The van der Waals surface area contributed by atoms with Gasteiger partial charge in [-0.05, 0) is 44.6 Å². The Balaban J connectivity index is 2.33. The van der Waals surface area contributed by atoms with Gasteiger partial charge in [0.05, 0.1) is 6.61 Å². The molecule has 0 aliphatic rings. The van der Waals surface area contributed by atoms with Crippen molar-refractivity contribution in [2.75, 3.05) is 0 Å². The van der Waals surface area contributed by atoms with Crippen molar-refractivity contribution in [3.8, 4) is 0 Å². The second-order valence-electron chi connectivity index (χ2n) is 5.24. The van der Waals surface area contributed by atoms with E-state index in [1.807, 2.05) is 42.5 Å². The Morgan fingerprint density at radius 3 is 2.43 bits per heavy atom. The molecule has 0 bridgehead atoms. The Hall–Kier alpha value is -2.45. The van der Waals surface area contributed by atoms with Gasteiger partial charge in [-0.1, -0.05) is 48.5 Å². The van der Waals surface area contributed by atoms with Crippen molar-refractivity contribution < 1.29 is 9.50 Å². The molecule has 0 unspecified atom stereocenters. The third kappa shape index (κ3) is 1.73. The van der Waals surface area contributed by atoms with Crippen LogP contribution >= 0.6 is 0 Å². The SMILES string of the molecule is OCc1cc2c(F)cccc2c2ccc3ccccc3c12. The average molecular weight is 276 g/mol. The van der Waals surface area contributed by atoms with E-state index in [1.54, 1.807) is 12.1 Å². The molecule has 0 heterocycles. The Morgan fingerprint density at radius 2 is 1.57 bits per heavy atom. The molecule has 0 amide bonds. The predicted molar refractivity (Wildman–Crippen MR) is 84.8 cm³/mol. The van der Waals surface area contributed by atoms with Crippen LogP contribution in [-0.4, -0.2) is 5.11 Å². The minimum Gasteiger partial charge on any atom is -0.392 e. The second kappa shape index (κ2) is 4.54. The molecule has 1 nitrogen and oxygen atoms in total. The number of hydrogen-bond donors (Lipinski definition) is 1. The van der Waals surface area contributed by atoms with Crippen LogP contribution in [-0.2, 0) is 6.61 Å². The van der Waals surface area contributed by atoms with Crippen molar-refractivity contribution in [2.24, 2.45) is 0 Å². The molecule has 4 aromatic rings. The fourth-order valence-corrected chi connectivity index (χ4v) is 3.13. The highest BCUT2D eigenvalue weighted by molar-refractivity contribution is 6.18. The lowest BCUT2D eigenvalue weighted by atomic mass is 9.93. The van der Waals surface area contributed by atoms with Gasteiger partial charge in [0.1, 0.15) is 5.82 Å². The van der Waals surface area contributed by atoms with Gasteiger partial charge in [-0.15, -0.1) is 0 Å². The lowest BCUT2D eigenvalue weighted by Gasteiger charge is -2.12. The molecule has 0 saturated carbocycles. The van der Waals surface area contributed by atoms with Crippen LogP contribution in [0.4, 0.5) is 4.39 Å². The maximum Gasteiger partial charge on any atom is 0.131 e. The molecule has 0 fully saturated rings. The van der Waals surface area contributed by atoms with Crippen LogP contribution in [0.15, 0.2) is 60.7 Å². The summed E-state index contributed by atoms with van der Waals surface area (Å²) in [5.74, 6) is -0.253.